The second kappa shape index (κ2) is 6.10. The highest BCUT2D eigenvalue weighted by Crippen LogP contribution is 2.33. The third-order valence-corrected chi connectivity index (χ3v) is 5.28. The highest BCUT2D eigenvalue weighted by molar-refractivity contribution is 5.64. The van der Waals surface area contributed by atoms with Gasteiger partial charge in [-0.2, -0.15) is 4.98 Å². The first-order valence-electron chi connectivity index (χ1n) is 9.12. The molecule has 2 N–H and O–H groups in total. The summed E-state index contributed by atoms with van der Waals surface area (Å²) in [6.45, 7) is 13.2. The van der Waals surface area contributed by atoms with Gasteiger partial charge in [0.25, 0.3) is 5.56 Å². The summed E-state index contributed by atoms with van der Waals surface area (Å²) in [7, 11) is 0. The van der Waals surface area contributed by atoms with Crippen LogP contribution < -0.4 is 10.9 Å². The van der Waals surface area contributed by atoms with Crippen molar-refractivity contribution in [1.29, 1.82) is 0 Å². The number of aryl methyl sites for hydroxylation is 1. The molecular weight excluding hydrogens is 310 g/mol. The van der Waals surface area contributed by atoms with Crippen LogP contribution in [0.1, 0.15) is 58.1 Å². The van der Waals surface area contributed by atoms with E-state index in [-0.39, 0.29) is 16.6 Å². The van der Waals surface area contributed by atoms with E-state index in [0.29, 0.717) is 6.04 Å². The van der Waals surface area contributed by atoms with Gasteiger partial charge in [-0.05, 0) is 47.1 Å². The number of rotatable bonds is 2. The van der Waals surface area contributed by atoms with Crippen molar-refractivity contribution in [1.82, 2.24) is 9.55 Å². The van der Waals surface area contributed by atoms with Gasteiger partial charge in [0.1, 0.15) is 5.82 Å². The number of aromatic nitrogens is 2. The summed E-state index contributed by atoms with van der Waals surface area (Å²) < 4.78 is 2.31. The molecule has 0 aliphatic carbocycles. The lowest BCUT2D eigenvalue weighted by Crippen LogP contribution is -3.05. The van der Waals surface area contributed by atoms with E-state index in [4.69, 9.17) is 0 Å². The number of piperidine rings is 1. The zero-order chi connectivity index (χ0) is 18.4. The fourth-order valence-corrected chi connectivity index (χ4v) is 4.89. The molecular formula is C21H30N3O+. The number of nitrogens with zero attached hydrogens (tertiary/aromatic N) is 2. The van der Waals surface area contributed by atoms with Crippen LogP contribution >= 0.6 is 0 Å². The Hall–Kier alpha value is -1.94. The molecule has 1 aromatic carbocycles. The Morgan fingerprint density at radius 3 is 2.16 bits per heavy atom. The van der Waals surface area contributed by atoms with Crippen LogP contribution in [-0.4, -0.2) is 20.6 Å². The van der Waals surface area contributed by atoms with Crippen LogP contribution in [-0.2, 0) is 0 Å². The predicted octanol–water partition coefficient (Wildman–Crippen LogP) is 2.98. The Balaban J connectivity index is 2.16. The molecule has 0 spiro atoms. The van der Waals surface area contributed by atoms with Crippen LogP contribution in [0.15, 0.2) is 35.1 Å². The molecule has 1 aliphatic heterocycles. The average Bonchev–Trinajstić information content (AvgIpc) is 2.44. The van der Waals surface area contributed by atoms with Crippen LogP contribution in [0.2, 0.25) is 0 Å². The fourth-order valence-electron chi connectivity index (χ4n) is 4.89. The summed E-state index contributed by atoms with van der Waals surface area (Å²) in [5.74, 6) is 0.820. The maximum absolute atomic E-state index is 12.6. The molecule has 0 saturated carbocycles. The molecule has 2 aromatic rings. The monoisotopic (exact) mass is 340 g/mol. The van der Waals surface area contributed by atoms with Crippen molar-refractivity contribution in [3.63, 3.8) is 0 Å². The maximum atomic E-state index is 12.6. The van der Waals surface area contributed by atoms with Crippen molar-refractivity contribution < 1.29 is 5.32 Å². The van der Waals surface area contributed by atoms with Crippen molar-refractivity contribution in [3.8, 4) is 11.1 Å². The molecule has 0 unspecified atom stereocenters. The van der Waals surface area contributed by atoms with Gasteiger partial charge in [-0.3, -0.25) is 4.79 Å². The predicted molar refractivity (Wildman–Crippen MR) is 102 cm³/mol. The molecule has 0 atom stereocenters. The van der Waals surface area contributed by atoms with Crippen LogP contribution in [0, 0.1) is 13.8 Å². The highest BCUT2D eigenvalue weighted by Gasteiger charge is 2.43. The molecule has 134 valence electrons. The molecule has 25 heavy (non-hydrogen) atoms. The molecule has 0 radical (unpaired) electrons. The van der Waals surface area contributed by atoms with Crippen molar-refractivity contribution in [2.24, 2.45) is 0 Å². The maximum Gasteiger partial charge on any atom is 0.281 e. The van der Waals surface area contributed by atoms with Crippen LogP contribution in [0.3, 0.4) is 0 Å². The molecule has 0 amide bonds. The standard InChI is InChI=1S/C21H29N3O/c1-14-18(16-10-8-7-9-11-16)19(25)22-15(2)24(14)17-12-20(3,4)23-21(5,6)13-17/h7-11,17,23H,12-13H2,1-6H3/p+1. The van der Waals surface area contributed by atoms with Gasteiger partial charge in [0.15, 0.2) is 0 Å². The molecule has 1 aromatic heterocycles. The van der Waals surface area contributed by atoms with E-state index in [1.54, 1.807) is 0 Å². The summed E-state index contributed by atoms with van der Waals surface area (Å²) in [5, 5.41) is 2.48. The molecule has 3 rings (SSSR count). The van der Waals surface area contributed by atoms with Crippen molar-refractivity contribution in [2.45, 2.75) is 71.5 Å². The quantitative estimate of drug-likeness (QED) is 0.914. The lowest BCUT2D eigenvalue weighted by atomic mass is 9.79. The molecule has 0 bridgehead atoms. The summed E-state index contributed by atoms with van der Waals surface area (Å²) in [6, 6.07) is 10.3. The smallest absolute Gasteiger partial charge is 0.281 e. The Kier molecular flexibility index (Phi) is 4.36. The van der Waals surface area contributed by atoms with E-state index in [9.17, 15) is 4.79 Å². The van der Waals surface area contributed by atoms with Gasteiger partial charge in [-0.25, -0.2) is 0 Å². The molecule has 1 saturated heterocycles. The topological polar surface area (TPSA) is 51.5 Å². The Morgan fingerprint density at radius 2 is 1.60 bits per heavy atom. The summed E-state index contributed by atoms with van der Waals surface area (Å²) >= 11 is 0. The van der Waals surface area contributed by atoms with Gasteiger partial charge in [0, 0.05) is 24.6 Å². The van der Waals surface area contributed by atoms with E-state index in [0.717, 1.165) is 35.5 Å². The second-order valence-corrected chi connectivity index (χ2v) is 8.84. The van der Waals surface area contributed by atoms with E-state index >= 15 is 0 Å². The third kappa shape index (κ3) is 3.54. The van der Waals surface area contributed by atoms with E-state index in [1.807, 2.05) is 37.3 Å². The van der Waals surface area contributed by atoms with Gasteiger partial charge < -0.3 is 9.88 Å². The van der Waals surface area contributed by atoms with Crippen LogP contribution in [0.25, 0.3) is 11.1 Å². The Bertz CT molecular complexity index is 818. The first kappa shape index (κ1) is 17.9. The average molecular weight is 340 g/mol. The zero-order valence-corrected chi connectivity index (χ0v) is 16.3. The van der Waals surface area contributed by atoms with E-state index < -0.39 is 0 Å². The van der Waals surface area contributed by atoms with Crippen molar-refractivity contribution >= 4 is 0 Å². The van der Waals surface area contributed by atoms with Crippen LogP contribution in [0.4, 0.5) is 0 Å². The van der Waals surface area contributed by atoms with Crippen molar-refractivity contribution in [3.05, 3.63) is 52.2 Å². The lowest BCUT2D eigenvalue weighted by molar-refractivity contribution is -0.789. The first-order valence-corrected chi connectivity index (χ1v) is 9.12. The Morgan fingerprint density at radius 1 is 1.04 bits per heavy atom. The van der Waals surface area contributed by atoms with E-state index in [2.05, 4.69) is 49.5 Å². The molecule has 4 nitrogen and oxygen atoms in total. The second-order valence-electron chi connectivity index (χ2n) is 8.84. The summed E-state index contributed by atoms with van der Waals surface area (Å²) in [6.07, 6.45) is 2.13. The number of nitrogens with two attached hydrogens (primary N) is 1. The number of benzene rings is 1. The highest BCUT2D eigenvalue weighted by atomic mass is 16.1. The van der Waals surface area contributed by atoms with Gasteiger partial charge >= 0.3 is 0 Å². The lowest BCUT2D eigenvalue weighted by Gasteiger charge is -2.44. The molecule has 4 heteroatoms. The minimum Gasteiger partial charge on any atom is -0.337 e. The van der Waals surface area contributed by atoms with Gasteiger partial charge in [-0.1, -0.05) is 30.3 Å². The Labute approximate surface area is 150 Å². The molecule has 1 aliphatic rings. The SMILES string of the molecule is Cc1nc(=O)c(-c2ccccc2)c(C)n1C1CC(C)(C)[NH2+]C(C)(C)C1. The van der Waals surface area contributed by atoms with Crippen molar-refractivity contribution in [2.75, 3.05) is 0 Å². The minimum atomic E-state index is -0.127. The largest absolute Gasteiger partial charge is 0.337 e. The summed E-state index contributed by atoms with van der Waals surface area (Å²) in [5.41, 5.74) is 2.92. The normalized spacial score (nSPS) is 19.8. The minimum absolute atomic E-state index is 0.127. The van der Waals surface area contributed by atoms with Gasteiger partial charge in [-0.15, -0.1) is 0 Å². The van der Waals surface area contributed by atoms with E-state index in [1.165, 1.54) is 0 Å². The van der Waals surface area contributed by atoms with Gasteiger partial charge in [0.2, 0.25) is 0 Å². The fraction of sp³-hybridized carbons (Fsp3) is 0.524. The first-order chi connectivity index (χ1) is 11.6. The third-order valence-electron chi connectivity index (χ3n) is 5.28. The molecule has 2 heterocycles. The summed E-state index contributed by atoms with van der Waals surface area (Å²) in [4.78, 5) is 17.0. The number of hydrogen-bond acceptors (Lipinski definition) is 2. The number of quaternary nitrogens is 1. The van der Waals surface area contributed by atoms with Gasteiger partial charge in [0.05, 0.1) is 16.6 Å². The number of hydrogen-bond donors (Lipinski definition) is 1. The van der Waals surface area contributed by atoms with Crippen LogP contribution in [0.5, 0.6) is 0 Å². The zero-order valence-electron chi connectivity index (χ0n) is 16.3. The molecule has 1 fully saturated rings.